The van der Waals surface area contributed by atoms with Crippen LogP contribution in [-0.2, 0) is 11.3 Å². The van der Waals surface area contributed by atoms with E-state index in [1.54, 1.807) is 11.3 Å². The van der Waals surface area contributed by atoms with Gasteiger partial charge in [-0.15, -0.1) is 11.3 Å². The van der Waals surface area contributed by atoms with E-state index in [2.05, 4.69) is 37.6 Å². The Morgan fingerprint density at radius 3 is 2.94 bits per heavy atom. The molecule has 1 amide bonds. The molecule has 1 aliphatic rings. The first kappa shape index (κ1) is 13.1. The fourth-order valence-electron chi connectivity index (χ4n) is 1.57. The lowest BCUT2D eigenvalue weighted by Crippen LogP contribution is -2.43. The van der Waals surface area contributed by atoms with Crippen LogP contribution in [0, 0.1) is 0 Å². The van der Waals surface area contributed by atoms with Crippen LogP contribution in [0.25, 0.3) is 0 Å². The van der Waals surface area contributed by atoms with Crippen molar-refractivity contribution in [3.05, 3.63) is 20.8 Å². The summed E-state index contributed by atoms with van der Waals surface area (Å²) in [7, 11) is 1.99. The highest BCUT2D eigenvalue weighted by Gasteiger charge is 2.27. The number of hydrogen-bond acceptors (Lipinski definition) is 3. The van der Waals surface area contributed by atoms with Gasteiger partial charge in [0.2, 0.25) is 5.91 Å². The molecule has 3 nitrogen and oxygen atoms in total. The van der Waals surface area contributed by atoms with E-state index in [1.165, 1.54) is 4.88 Å². The number of amides is 1. The quantitative estimate of drug-likeness (QED) is 0.905. The first-order valence-electron chi connectivity index (χ1n) is 5.80. The topological polar surface area (TPSA) is 32.3 Å². The molecule has 1 saturated carbocycles. The Morgan fingerprint density at radius 1 is 1.71 bits per heavy atom. The van der Waals surface area contributed by atoms with Crippen LogP contribution >= 0.6 is 27.3 Å². The van der Waals surface area contributed by atoms with E-state index in [-0.39, 0.29) is 11.9 Å². The first-order chi connectivity index (χ1) is 8.06. The molecule has 0 aliphatic heterocycles. The molecule has 1 aromatic heterocycles. The molecule has 0 spiro atoms. The zero-order valence-electron chi connectivity index (χ0n) is 10.1. The van der Waals surface area contributed by atoms with Crippen LogP contribution in [-0.4, -0.2) is 29.9 Å². The summed E-state index contributed by atoms with van der Waals surface area (Å²) in [6.45, 7) is 2.77. The third-order valence-electron chi connectivity index (χ3n) is 2.99. The molecule has 1 N–H and O–H groups in total. The van der Waals surface area contributed by atoms with Crippen LogP contribution in [0.1, 0.15) is 24.6 Å². The number of halogens is 1. The fraction of sp³-hybridized carbons (Fsp3) is 0.583. The van der Waals surface area contributed by atoms with Gasteiger partial charge in [-0.2, -0.15) is 0 Å². The maximum atomic E-state index is 11.9. The lowest BCUT2D eigenvalue weighted by atomic mass is 10.2. The highest BCUT2D eigenvalue weighted by atomic mass is 79.9. The van der Waals surface area contributed by atoms with Gasteiger partial charge in [0.05, 0.1) is 6.04 Å². The SMILES string of the molecule is CC(C(=O)NC1CC1)N(C)Cc1cc(Br)cs1. The molecule has 1 unspecified atom stereocenters. The molecule has 2 rings (SSSR count). The molecule has 1 atom stereocenters. The lowest BCUT2D eigenvalue weighted by Gasteiger charge is -2.23. The van der Waals surface area contributed by atoms with E-state index in [0.717, 1.165) is 23.9 Å². The third kappa shape index (κ3) is 3.79. The summed E-state index contributed by atoms with van der Waals surface area (Å²) in [6.07, 6.45) is 2.28. The highest BCUT2D eigenvalue weighted by molar-refractivity contribution is 9.10. The number of rotatable bonds is 5. The second-order valence-corrected chi connectivity index (χ2v) is 6.52. The molecular weight excluding hydrogens is 300 g/mol. The molecule has 1 heterocycles. The molecular formula is C12H17BrN2OS. The summed E-state index contributed by atoms with van der Waals surface area (Å²) in [6, 6.07) is 2.47. The van der Waals surface area contributed by atoms with Gasteiger partial charge in [0, 0.05) is 27.3 Å². The Bertz CT molecular complexity index is 403. The molecule has 94 valence electrons. The molecule has 17 heavy (non-hydrogen) atoms. The lowest BCUT2D eigenvalue weighted by molar-refractivity contribution is -0.125. The van der Waals surface area contributed by atoms with Crippen molar-refractivity contribution in [2.75, 3.05) is 7.05 Å². The van der Waals surface area contributed by atoms with Gasteiger partial charge in [0.15, 0.2) is 0 Å². The monoisotopic (exact) mass is 316 g/mol. The van der Waals surface area contributed by atoms with Crippen molar-refractivity contribution in [2.24, 2.45) is 0 Å². The van der Waals surface area contributed by atoms with Gasteiger partial charge >= 0.3 is 0 Å². The molecule has 0 saturated heterocycles. The van der Waals surface area contributed by atoms with E-state index in [0.29, 0.717) is 6.04 Å². The predicted octanol–water partition coefficient (Wildman–Crippen LogP) is 2.61. The van der Waals surface area contributed by atoms with Crippen molar-refractivity contribution in [1.29, 1.82) is 0 Å². The molecule has 0 aromatic carbocycles. The average molecular weight is 317 g/mol. The van der Waals surface area contributed by atoms with Crippen molar-refractivity contribution < 1.29 is 4.79 Å². The van der Waals surface area contributed by atoms with E-state index >= 15 is 0 Å². The summed E-state index contributed by atoms with van der Waals surface area (Å²) in [4.78, 5) is 15.2. The minimum atomic E-state index is -0.0727. The van der Waals surface area contributed by atoms with Gasteiger partial charge in [-0.1, -0.05) is 0 Å². The van der Waals surface area contributed by atoms with Crippen molar-refractivity contribution in [3.8, 4) is 0 Å². The smallest absolute Gasteiger partial charge is 0.237 e. The molecule has 5 heteroatoms. The number of nitrogens with one attached hydrogen (secondary N) is 1. The van der Waals surface area contributed by atoms with E-state index in [9.17, 15) is 4.79 Å². The summed E-state index contributed by atoms with van der Waals surface area (Å²) >= 11 is 5.15. The Labute approximate surface area is 114 Å². The molecule has 1 aliphatic carbocycles. The summed E-state index contributed by atoms with van der Waals surface area (Å²) in [5.41, 5.74) is 0. The maximum absolute atomic E-state index is 11.9. The predicted molar refractivity (Wildman–Crippen MR) is 74.1 cm³/mol. The molecule has 1 aromatic rings. The van der Waals surface area contributed by atoms with E-state index < -0.39 is 0 Å². The van der Waals surface area contributed by atoms with Crippen molar-refractivity contribution in [2.45, 2.75) is 38.4 Å². The molecule has 0 radical (unpaired) electrons. The number of carbonyl (C=O) groups excluding carboxylic acids is 1. The summed E-state index contributed by atoms with van der Waals surface area (Å²) in [5, 5.41) is 5.11. The van der Waals surface area contributed by atoms with Crippen LogP contribution < -0.4 is 5.32 Å². The van der Waals surface area contributed by atoms with Gasteiger partial charge < -0.3 is 5.32 Å². The van der Waals surface area contributed by atoms with Crippen molar-refractivity contribution >= 4 is 33.2 Å². The van der Waals surface area contributed by atoms with Gasteiger partial charge in [-0.05, 0) is 48.8 Å². The Hall–Kier alpha value is -0.390. The largest absolute Gasteiger partial charge is 0.352 e. The fourth-order valence-corrected chi connectivity index (χ4v) is 3.08. The van der Waals surface area contributed by atoms with Gasteiger partial charge in [-0.25, -0.2) is 0 Å². The summed E-state index contributed by atoms with van der Waals surface area (Å²) < 4.78 is 1.11. The summed E-state index contributed by atoms with van der Waals surface area (Å²) in [5.74, 6) is 0.144. The van der Waals surface area contributed by atoms with Crippen LogP contribution in [0.4, 0.5) is 0 Å². The molecule has 1 fully saturated rings. The average Bonchev–Trinajstić information content (AvgIpc) is 3.00. The number of thiophene rings is 1. The van der Waals surface area contributed by atoms with Crippen LogP contribution in [0.2, 0.25) is 0 Å². The zero-order valence-corrected chi connectivity index (χ0v) is 12.5. The van der Waals surface area contributed by atoms with Crippen LogP contribution in [0.3, 0.4) is 0 Å². The van der Waals surface area contributed by atoms with Crippen molar-refractivity contribution in [3.63, 3.8) is 0 Å². The molecule has 0 bridgehead atoms. The van der Waals surface area contributed by atoms with Gasteiger partial charge in [0.1, 0.15) is 0 Å². The Kier molecular flexibility index (Phi) is 4.22. The van der Waals surface area contributed by atoms with E-state index in [4.69, 9.17) is 0 Å². The van der Waals surface area contributed by atoms with Crippen molar-refractivity contribution in [1.82, 2.24) is 10.2 Å². The van der Waals surface area contributed by atoms with Crippen LogP contribution in [0.15, 0.2) is 15.9 Å². The minimum absolute atomic E-state index is 0.0727. The van der Waals surface area contributed by atoms with Gasteiger partial charge in [0.25, 0.3) is 0 Å². The second kappa shape index (κ2) is 5.50. The van der Waals surface area contributed by atoms with E-state index in [1.807, 2.05) is 14.0 Å². The number of likely N-dealkylation sites (N-methyl/N-ethyl adjacent to an activating group) is 1. The van der Waals surface area contributed by atoms with Gasteiger partial charge in [-0.3, -0.25) is 9.69 Å². The second-order valence-electron chi connectivity index (χ2n) is 4.61. The number of nitrogens with zero attached hydrogens (tertiary/aromatic N) is 1. The number of carbonyl (C=O) groups is 1. The maximum Gasteiger partial charge on any atom is 0.237 e. The van der Waals surface area contributed by atoms with Crippen LogP contribution in [0.5, 0.6) is 0 Å². The highest BCUT2D eigenvalue weighted by Crippen LogP contribution is 2.22. The Balaban J connectivity index is 1.85. The Morgan fingerprint density at radius 2 is 2.41 bits per heavy atom. The first-order valence-corrected chi connectivity index (χ1v) is 7.47. The zero-order chi connectivity index (χ0) is 12.4. The minimum Gasteiger partial charge on any atom is -0.352 e. The third-order valence-corrected chi connectivity index (χ3v) is 4.67. The normalized spacial score (nSPS) is 17.2. The standard InChI is InChI=1S/C12H17BrN2OS/c1-8(12(16)14-10-3-4-10)15(2)6-11-5-9(13)7-17-11/h5,7-8,10H,3-4,6H2,1-2H3,(H,14,16). The number of hydrogen-bond donors (Lipinski definition) is 1.